The van der Waals surface area contributed by atoms with E-state index in [1.54, 1.807) is 0 Å². The van der Waals surface area contributed by atoms with Crippen molar-refractivity contribution in [1.29, 1.82) is 0 Å². The van der Waals surface area contributed by atoms with E-state index in [1.165, 1.54) is 0 Å². The van der Waals surface area contributed by atoms with Crippen LogP contribution in [0.1, 0.15) is 0 Å². The summed E-state index contributed by atoms with van der Waals surface area (Å²) in [6.07, 6.45) is 0. The largest absolute Gasteiger partial charge is 1.00 e. The zero-order chi connectivity index (χ0) is 5.21. The Hall–Kier alpha value is 3.67. The van der Waals surface area contributed by atoms with Gasteiger partial charge in [-0.15, -0.1) is 0 Å². The number of hydrogen-bond donors (Lipinski definition) is 0. The Bertz CT molecular complexity index is 78.1. The molecular formula is ClK2O4P. The maximum absolute atomic E-state index is 9.12. The van der Waals surface area contributed by atoms with Crippen molar-refractivity contribution in [1.82, 2.24) is 0 Å². The Morgan fingerprint density at radius 2 is 1.50 bits per heavy atom. The molecule has 0 spiro atoms. The molecule has 38 valence electrons. The average molecular weight is 209 g/mol. The van der Waals surface area contributed by atoms with Crippen LogP contribution in [0, 0.1) is 0 Å². The van der Waals surface area contributed by atoms with Gasteiger partial charge in [0, 0.05) is 0 Å². The zero-order valence-corrected chi connectivity index (χ0v) is 12.4. The van der Waals surface area contributed by atoms with Crippen molar-refractivity contribution in [3.8, 4) is 0 Å². The molecule has 0 radical (unpaired) electrons. The zero-order valence-electron chi connectivity index (χ0n) is 4.46. The fourth-order valence-electron chi connectivity index (χ4n) is 0. The molecule has 0 aliphatic heterocycles. The molecule has 0 unspecified atom stereocenters. The molecule has 0 aromatic carbocycles. The molecule has 0 amide bonds. The van der Waals surface area contributed by atoms with Crippen LogP contribution >= 0.6 is 19.7 Å². The van der Waals surface area contributed by atoms with Crippen LogP contribution in [-0.2, 0) is 8.64 Å². The van der Waals surface area contributed by atoms with E-state index in [9.17, 15) is 0 Å². The van der Waals surface area contributed by atoms with Gasteiger partial charge in [0.25, 0.3) is 0 Å². The van der Waals surface area contributed by atoms with Gasteiger partial charge < -0.3 is 14.4 Å². The van der Waals surface area contributed by atoms with E-state index in [0.29, 0.717) is 0 Å². The molecular weight excluding hydrogens is 209 g/mol. The van der Waals surface area contributed by atoms with Gasteiger partial charge in [0.05, 0.1) is 19.7 Å². The molecule has 0 saturated heterocycles. The molecule has 0 saturated carbocycles. The average Bonchev–Trinajstić information content (AvgIpc) is 1.35. The van der Waals surface area contributed by atoms with Crippen LogP contribution in [0.3, 0.4) is 0 Å². The van der Waals surface area contributed by atoms with E-state index in [2.05, 4.69) is 15.9 Å². The summed E-state index contributed by atoms with van der Waals surface area (Å²) in [5, 5.41) is 0. The smallest absolute Gasteiger partial charge is 0.789 e. The van der Waals surface area contributed by atoms with Crippen molar-refractivity contribution >= 4 is 19.7 Å². The first-order valence-electron chi connectivity index (χ1n) is 0.885. The minimum atomic E-state index is -4.88. The summed E-state index contributed by atoms with van der Waals surface area (Å²) < 4.78 is 12.0. The van der Waals surface area contributed by atoms with Crippen LogP contribution in [0.25, 0.3) is 0 Å². The Labute approximate surface area is 137 Å². The molecule has 8 heavy (non-hydrogen) atoms. The SMILES string of the molecule is O=P([O-])([O-])OCl.[K+].[K+]. The number of halogens is 1. The third kappa shape index (κ3) is 16.3. The minimum Gasteiger partial charge on any atom is -0.789 e. The van der Waals surface area contributed by atoms with Gasteiger partial charge in [0.1, 0.15) is 0 Å². The second kappa shape index (κ2) is 8.77. The number of hydrogen-bond acceptors (Lipinski definition) is 4. The fourth-order valence-corrected chi connectivity index (χ4v) is 0. The molecule has 0 aliphatic carbocycles. The van der Waals surface area contributed by atoms with Crippen LogP contribution in [0.15, 0.2) is 0 Å². The first-order valence-corrected chi connectivity index (χ1v) is 2.65. The normalized spacial score (nSPS) is 8.88. The topological polar surface area (TPSA) is 72.4 Å². The van der Waals surface area contributed by atoms with Crippen LogP contribution in [0.4, 0.5) is 0 Å². The van der Waals surface area contributed by atoms with Crippen LogP contribution in [0.2, 0.25) is 0 Å². The van der Waals surface area contributed by atoms with Crippen molar-refractivity contribution in [2.45, 2.75) is 0 Å². The summed E-state index contributed by atoms with van der Waals surface area (Å²) >= 11 is 4.09. The van der Waals surface area contributed by atoms with E-state index in [1.807, 2.05) is 0 Å². The monoisotopic (exact) mass is 208 g/mol. The van der Waals surface area contributed by atoms with Gasteiger partial charge in [0.15, 0.2) is 0 Å². The standard InChI is InChI=1S/ClH2O4P.2K/c1-5-6(2,3)4;;/h(H2,2,3,4);;/q;2*+1/p-2. The third-order valence-corrected chi connectivity index (χ3v) is 0.761. The molecule has 4 nitrogen and oxygen atoms in total. The van der Waals surface area contributed by atoms with Crippen molar-refractivity contribution < 1.29 is 121 Å². The van der Waals surface area contributed by atoms with Crippen molar-refractivity contribution in [3.05, 3.63) is 0 Å². The molecule has 0 N–H and O–H groups in total. The third-order valence-electron chi connectivity index (χ3n) is 0.0845. The predicted molar refractivity (Wildman–Crippen MR) is 14.5 cm³/mol. The van der Waals surface area contributed by atoms with Gasteiger partial charge in [0.2, 0.25) is 0 Å². The van der Waals surface area contributed by atoms with Crippen LogP contribution < -0.4 is 113 Å². The Morgan fingerprint density at radius 3 is 1.50 bits per heavy atom. The molecule has 8 heteroatoms. The van der Waals surface area contributed by atoms with E-state index >= 15 is 0 Å². The molecule has 0 bridgehead atoms. The molecule has 0 aliphatic rings. The van der Waals surface area contributed by atoms with Crippen molar-refractivity contribution in [3.63, 3.8) is 0 Å². The maximum atomic E-state index is 9.12. The van der Waals surface area contributed by atoms with Gasteiger partial charge >= 0.3 is 103 Å². The summed E-state index contributed by atoms with van der Waals surface area (Å²) in [5.74, 6) is 0. The van der Waals surface area contributed by atoms with Crippen molar-refractivity contribution in [2.75, 3.05) is 0 Å². The summed E-state index contributed by atoms with van der Waals surface area (Å²) in [4.78, 5) is 18.2. The van der Waals surface area contributed by atoms with Gasteiger partial charge in [-0.3, -0.25) is 0 Å². The minimum absolute atomic E-state index is 0. The van der Waals surface area contributed by atoms with E-state index < -0.39 is 7.82 Å². The fraction of sp³-hybridized carbons (Fsp3) is 0. The Balaban J connectivity index is -0.000000125. The van der Waals surface area contributed by atoms with Crippen molar-refractivity contribution in [2.24, 2.45) is 0 Å². The molecule has 0 atom stereocenters. The molecule has 0 heterocycles. The predicted octanol–water partition coefficient (Wildman–Crippen LogP) is -7.01. The molecule has 0 rings (SSSR count). The van der Waals surface area contributed by atoms with E-state index in [-0.39, 0.29) is 103 Å². The Morgan fingerprint density at radius 1 is 1.38 bits per heavy atom. The van der Waals surface area contributed by atoms with Crippen LogP contribution in [0.5, 0.6) is 0 Å². The quantitative estimate of drug-likeness (QED) is 0.317. The Kier molecular flexibility index (Phi) is 19.4. The first kappa shape index (κ1) is 17.7. The van der Waals surface area contributed by atoms with E-state index in [4.69, 9.17) is 14.4 Å². The number of rotatable bonds is 1. The summed E-state index contributed by atoms with van der Waals surface area (Å²) in [5.41, 5.74) is 0. The first-order chi connectivity index (χ1) is 2.56. The molecule has 0 aromatic heterocycles. The summed E-state index contributed by atoms with van der Waals surface area (Å²) in [7, 11) is -4.88. The second-order valence-electron chi connectivity index (χ2n) is 0.516. The number of phosphoric acid groups is 1. The van der Waals surface area contributed by atoms with Gasteiger partial charge in [-0.1, -0.05) is 0 Å². The van der Waals surface area contributed by atoms with E-state index in [0.717, 1.165) is 0 Å². The second-order valence-corrected chi connectivity index (χ2v) is 1.96. The summed E-state index contributed by atoms with van der Waals surface area (Å²) in [6.45, 7) is 0. The van der Waals surface area contributed by atoms with Gasteiger partial charge in [-0.25, -0.2) is 4.08 Å². The summed E-state index contributed by atoms with van der Waals surface area (Å²) in [6, 6.07) is 0. The molecule has 0 fully saturated rings. The molecule has 0 aromatic rings. The van der Waals surface area contributed by atoms with Gasteiger partial charge in [-0.05, 0) is 0 Å². The van der Waals surface area contributed by atoms with Gasteiger partial charge in [-0.2, -0.15) is 0 Å². The van der Waals surface area contributed by atoms with Crippen LogP contribution in [-0.4, -0.2) is 0 Å². The maximum Gasteiger partial charge on any atom is 1.00 e.